The van der Waals surface area contributed by atoms with E-state index in [2.05, 4.69) is 35.8 Å². The molecule has 5 nitrogen and oxygen atoms in total. The molecule has 0 aliphatic heterocycles. The molecule has 0 spiro atoms. The molecular formula is C34H31NO4. The van der Waals surface area contributed by atoms with Crippen LogP contribution in [-0.4, -0.2) is 16.5 Å². The molecule has 0 N–H and O–H groups in total. The first-order chi connectivity index (χ1) is 19.1. The van der Waals surface area contributed by atoms with E-state index in [4.69, 9.17) is 9.47 Å². The number of carbonyl (C=O) groups excluding carboxylic acids is 2. The van der Waals surface area contributed by atoms with E-state index in [-0.39, 0.29) is 19.6 Å². The van der Waals surface area contributed by atoms with Gasteiger partial charge in [-0.2, -0.15) is 0 Å². The minimum absolute atomic E-state index is 0.0961. The number of ether oxygens (including phenoxy) is 2. The standard InChI is InChI=1S/C34H31NO4/c1-25-20-30-29(18-11-19-32(30)35(25)22-26-12-5-2-6-13-26)21-31(33(36)38-23-27-14-7-3-8-15-27)34(37)39-24-28-16-9-4-10-17-28/h2-20,31H,21-24H2,1H3. The number of aromatic nitrogens is 1. The van der Waals surface area contributed by atoms with Crippen molar-refractivity contribution in [3.05, 3.63) is 143 Å². The van der Waals surface area contributed by atoms with Gasteiger partial charge >= 0.3 is 11.9 Å². The predicted octanol–water partition coefficient (Wildman–Crippen LogP) is 6.64. The van der Waals surface area contributed by atoms with Gasteiger partial charge in [0, 0.05) is 23.1 Å². The fourth-order valence-corrected chi connectivity index (χ4v) is 4.77. The molecule has 0 bridgehead atoms. The zero-order valence-electron chi connectivity index (χ0n) is 22.0. The monoisotopic (exact) mass is 517 g/mol. The van der Waals surface area contributed by atoms with Gasteiger partial charge in [-0.05, 0) is 47.7 Å². The third-order valence-corrected chi connectivity index (χ3v) is 6.87. The third-order valence-electron chi connectivity index (χ3n) is 6.87. The molecule has 0 fully saturated rings. The average molecular weight is 518 g/mol. The lowest BCUT2D eigenvalue weighted by molar-refractivity contribution is -0.163. The molecule has 0 atom stereocenters. The highest BCUT2D eigenvalue weighted by Crippen LogP contribution is 2.27. The summed E-state index contributed by atoms with van der Waals surface area (Å²) in [6.45, 7) is 3.01. The van der Waals surface area contributed by atoms with Gasteiger partial charge in [-0.25, -0.2) is 0 Å². The summed E-state index contributed by atoms with van der Waals surface area (Å²) in [5, 5.41) is 1.02. The number of carbonyl (C=O) groups is 2. The Labute approximate surface area is 228 Å². The van der Waals surface area contributed by atoms with Crippen molar-refractivity contribution in [3.8, 4) is 0 Å². The van der Waals surface area contributed by atoms with Crippen LogP contribution in [0.3, 0.4) is 0 Å². The number of rotatable bonds is 10. The Kier molecular flexibility index (Phi) is 8.18. The quantitative estimate of drug-likeness (QED) is 0.154. The Balaban J connectivity index is 1.40. The van der Waals surface area contributed by atoms with E-state index in [0.29, 0.717) is 0 Å². The largest absolute Gasteiger partial charge is 0.460 e. The maximum absolute atomic E-state index is 13.3. The molecule has 0 unspecified atom stereocenters. The normalized spacial score (nSPS) is 11.0. The number of nitrogens with zero attached hydrogens (tertiary/aromatic N) is 1. The zero-order valence-corrected chi connectivity index (χ0v) is 22.0. The minimum Gasteiger partial charge on any atom is -0.460 e. The van der Waals surface area contributed by atoms with Gasteiger partial charge in [-0.15, -0.1) is 0 Å². The van der Waals surface area contributed by atoms with Gasteiger partial charge in [0.2, 0.25) is 0 Å². The Morgan fingerprint density at radius 2 is 1.18 bits per heavy atom. The van der Waals surface area contributed by atoms with E-state index in [1.807, 2.05) is 91.0 Å². The smallest absolute Gasteiger partial charge is 0.321 e. The minimum atomic E-state index is -1.08. The third kappa shape index (κ3) is 6.44. The molecule has 1 aromatic heterocycles. The predicted molar refractivity (Wildman–Crippen MR) is 152 cm³/mol. The highest BCUT2D eigenvalue weighted by molar-refractivity contribution is 5.96. The summed E-state index contributed by atoms with van der Waals surface area (Å²) < 4.78 is 13.5. The number of esters is 2. The van der Waals surface area contributed by atoms with Crippen molar-refractivity contribution in [2.75, 3.05) is 0 Å². The topological polar surface area (TPSA) is 57.5 Å². The second-order valence-electron chi connectivity index (χ2n) is 9.65. The van der Waals surface area contributed by atoms with Crippen LogP contribution < -0.4 is 0 Å². The van der Waals surface area contributed by atoms with Gasteiger partial charge in [-0.1, -0.05) is 103 Å². The first-order valence-electron chi connectivity index (χ1n) is 13.1. The molecule has 5 aromatic rings. The molecular weight excluding hydrogens is 486 g/mol. The number of fused-ring (bicyclic) bond motifs is 1. The molecule has 0 aliphatic carbocycles. The van der Waals surface area contributed by atoms with Crippen molar-refractivity contribution < 1.29 is 19.1 Å². The van der Waals surface area contributed by atoms with Crippen LogP contribution in [0.5, 0.6) is 0 Å². The van der Waals surface area contributed by atoms with E-state index < -0.39 is 17.9 Å². The van der Waals surface area contributed by atoms with E-state index in [9.17, 15) is 9.59 Å². The van der Waals surface area contributed by atoms with Crippen LogP contribution in [0, 0.1) is 12.8 Å². The Morgan fingerprint density at radius 3 is 1.72 bits per heavy atom. The number of hydrogen-bond donors (Lipinski definition) is 0. The lowest BCUT2D eigenvalue weighted by Crippen LogP contribution is -2.30. The van der Waals surface area contributed by atoms with Gasteiger partial charge in [0.1, 0.15) is 13.2 Å². The Bertz CT molecular complexity index is 1490. The molecule has 4 aromatic carbocycles. The van der Waals surface area contributed by atoms with Crippen molar-refractivity contribution >= 4 is 22.8 Å². The lowest BCUT2D eigenvalue weighted by atomic mass is 9.96. The van der Waals surface area contributed by atoms with Crippen LogP contribution in [0.25, 0.3) is 10.9 Å². The van der Waals surface area contributed by atoms with E-state index in [0.717, 1.165) is 39.8 Å². The van der Waals surface area contributed by atoms with Gasteiger partial charge in [-0.3, -0.25) is 9.59 Å². The summed E-state index contributed by atoms with van der Waals surface area (Å²) in [5.74, 6) is -2.26. The van der Waals surface area contributed by atoms with E-state index in [1.165, 1.54) is 5.56 Å². The molecule has 39 heavy (non-hydrogen) atoms. The number of aryl methyl sites for hydroxylation is 1. The van der Waals surface area contributed by atoms with Crippen LogP contribution in [0.1, 0.15) is 27.9 Å². The number of benzene rings is 4. The molecule has 196 valence electrons. The first kappa shape index (κ1) is 26.0. The van der Waals surface area contributed by atoms with Gasteiger partial charge in [0.25, 0.3) is 0 Å². The summed E-state index contributed by atoms with van der Waals surface area (Å²) in [6, 6.07) is 37.3. The van der Waals surface area contributed by atoms with Crippen LogP contribution in [0.4, 0.5) is 0 Å². The highest BCUT2D eigenvalue weighted by atomic mass is 16.6. The van der Waals surface area contributed by atoms with Gasteiger partial charge in [0.15, 0.2) is 5.92 Å². The van der Waals surface area contributed by atoms with Crippen molar-refractivity contribution in [2.45, 2.75) is 33.1 Å². The second kappa shape index (κ2) is 12.3. The molecule has 0 radical (unpaired) electrons. The fraction of sp³-hybridized carbons (Fsp3) is 0.176. The van der Waals surface area contributed by atoms with Gasteiger partial charge in [0.05, 0.1) is 0 Å². The van der Waals surface area contributed by atoms with Crippen LogP contribution in [0.2, 0.25) is 0 Å². The maximum atomic E-state index is 13.3. The SMILES string of the molecule is Cc1cc2c(CC(C(=O)OCc3ccccc3)C(=O)OCc3ccccc3)cccc2n1Cc1ccccc1. The molecule has 1 heterocycles. The van der Waals surface area contributed by atoms with Crippen LogP contribution >= 0.6 is 0 Å². The molecule has 0 saturated heterocycles. The molecule has 0 amide bonds. The van der Waals surface area contributed by atoms with Crippen molar-refractivity contribution in [3.63, 3.8) is 0 Å². The highest BCUT2D eigenvalue weighted by Gasteiger charge is 2.31. The summed E-state index contributed by atoms with van der Waals surface area (Å²) in [7, 11) is 0. The van der Waals surface area contributed by atoms with Crippen LogP contribution in [-0.2, 0) is 45.2 Å². The maximum Gasteiger partial charge on any atom is 0.321 e. The van der Waals surface area contributed by atoms with E-state index in [1.54, 1.807) is 0 Å². The number of hydrogen-bond acceptors (Lipinski definition) is 4. The van der Waals surface area contributed by atoms with Crippen molar-refractivity contribution in [2.24, 2.45) is 5.92 Å². The molecule has 0 saturated carbocycles. The summed E-state index contributed by atoms with van der Waals surface area (Å²) >= 11 is 0. The summed E-state index contributed by atoms with van der Waals surface area (Å²) in [6.07, 6.45) is 0.188. The fourth-order valence-electron chi connectivity index (χ4n) is 4.77. The zero-order chi connectivity index (χ0) is 27.0. The lowest BCUT2D eigenvalue weighted by Gasteiger charge is -2.17. The van der Waals surface area contributed by atoms with Crippen molar-refractivity contribution in [1.82, 2.24) is 4.57 Å². The summed E-state index contributed by atoms with van der Waals surface area (Å²) in [4.78, 5) is 26.6. The molecule has 0 aliphatic rings. The molecule has 5 heteroatoms. The van der Waals surface area contributed by atoms with E-state index >= 15 is 0 Å². The molecule has 5 rings (SSSR count). The van der Waals surface area contributed by atoms with Gasteiger partial charge < -0.3 is 14.0 Å². The average Bonchev–Trinajstić information content (AvgIpc) is 3.30. The Morgan fingerprint density at radius 1 is 0.667 bits per heavy atom. The Hall–Kier alpha value is -4.64. The van der Waals surface area contributed by atoms with Crippen LogP contribution in [0.15, 0.2) is 115 Å². The first-order valence-corrected chi connectivity index (χ1v) is 13.1. The second-order valence-corrected chi connectivity index (χ2v) is 9.65. The summed E-state index contributed by atoms with van der Waals surface area (Å²) in [5.41, 5.74) is 5.99. The van der Waals surface area contributed by atoms with Crippen molar-refractivity contribution in [1.29, 1.82) is 0 Å².